The molecule has 0 saturated carbocycles. The molecule has 0 spiro atoms. The number of aromatic hydroxyl groups is 1. The van der Waals surface area contributed by atoms with Crippen LogP contribution in [0.2, 0.25) is 5.32 Å². The first kappa shape index (κ1) is 13.1. The Kier molecular flexibility index (Phi) is 4.39. The summed E-state index contributed by atoms with van der Waals surface area (Å²) in [5.74, 6) is 0.0809. The zero-order valence-corrected chi connectivity index (χ0v) is 11.4. The van der Waals surface area contributed by atoms with Gasteiger partial charge in [0.25, 0.3) is 0 Å². The zero-order valence-electron chi connectivity index (χ0n) is 9.69. The van der Waals surface area contributed by atoms with E-state index in [-0.39, 0.29) is 26.7 Å². The Morgan fingerprint density at radius 3 is 2.38 bits per heavy atom. The quantitative estimate of drug-likeness (QED) is 0.676. The molecule has 0 heterocycles. The van der Waals surface area contributed by atoms with Crippen LogP contribution in [0.3, 0.4) is 0 Å². The molecule has 0 aromatic heterocycles. The van der Waals surface area contributed by atoms with Crippen LogP contribution >= 0.6 is 0 Å². The van der Waals surface area contributed by atoms with E-state index in [9.17, 15) is 4.79 Å². The molecule has 0 saturated heterocycles. The number of carbonyl (C=O) groups is 1. The fourth-order valence-electron chi connectivity index (χ4n) is 1.06. The average Bonchev–Trinajstić information content (AvgIpc) is 2.14. The molecule has 0 aliphatic rings. The van der Waals surface area contributed by atoms with Gasteiger partial charge in [-0.2, -0.15) is 0 Å². The summed E-state index contributed by atoms with van der Waals surface area (Å²) in [6, 6.07) is 6.93. The number of rotatable bonds is 3. The molecule has 16 heavy (non-hydrogen) atoms. The van der Waals surface area contributed by atoms with Gasteiger partial charge in [0.1, 0.15) is 0 Å². The van der Waals surface area contributed by atoms with Crippen molar-refractivity contribution in [2.75, 3.05) is 0 Å². The topological polar surface area (TPSA) is 46.5 Å². The van der Waals surface area contributed by atoms with Crippen molar-refractivity contribution >= 4 is 25.4 Å². The second-order valence-corrected chi connectivity index (χ2v) is 6.57. The van der Waals surface area contributed by atoms with Gasteiger partial charge < -0.3 is 0 Å². The number of benzene rings is 1. The number of hydrogen-bond acceptors (Lipinski definition) is 3. The maximum atomic E-state index is 11.4. The third kappa shape index (κ3) is 5.19. The van der Waals surface area contributed by atoms with Crippen molar-refractivity contribution in [3.63, 3.8) is 0 Å². The van der Waals surface area contributed by atoms with Crippen LogP contribution in [0.15, 0.2) is 24.3 Å². The Bertz CT molecular complexity index is 352. The van der Waals surface area contributed by atoms with Crippen LogP contribution < -0.4 is 4.46 Å². The summed E-state index contributed by atoms with van der Waals surface area (Å²) >= 11 is 0.0655. The van der Waals surface area contributed by atoms with E-state index < -0.39 is 5.60 Å². The average molecular weight is 287 g/mol. The number of ether oxygens (including phenoxy) is 1. The number of hydrogen-bond donors (Lipinski definition) is 1. The first-order valence-corrected chi connectivity index (χ1v) is 7.07. The molecule has 4 heteroatoms. The summed E-state index contributed by atoms with van der Waals surface area (Å²) in [5, 5.41) is 9.53. The van der Waals surface area contributed by atoms with Crippen molar-refractivity contribution in [1.29, 1.82) is 0 Å². The van der Waals surface area contributed by atoms with Gasteiger partial charge in [-0.25, -0.2) is 0 Å². The van der Waals surface area contributed by atoms with Gasteiger partial charge in [-0.15, -0.1) is 0 Å². The van der Waals surface area contributed by atoms with E-state index in [1.807, 2.05) is 32.9 Å². The Balaban J connectivity index is 2.40. The van der Waals surface area contributed by atoms with Crippen LogP contribution in [-0.2, 0) is 9.53 Å². The monoisotopic (exact) mass is 288 g/mol. The van der Waals surface area contributed by atoms with Crippen molar-refractivity contribution in [1.82, 2.24) is 0 Å². The van der Waals surface area contributed by atoms with Crippen molar-refractivity contribution in [2.24, 2.45) is 0 Å². The zero-order chi connectivity index (χ0) is 12.2. The predicted molar refractivity (Wildman–Crippen MR) is 64.1 cm³/mol. The molecule has 0 bridgehead atoms. The summed E-state index contributed by atoms with van der Waals surface area (Å²) in [6.07, 6.45) is 0. The molecule has 0 radical (unpaired) electrons. The Labute approximate surface area is 102 Å². The Morgan fingerprint density at radius 1 is 1.31 bits per heavy atom. The van der Waals surface area contributed by atoms with E-state index in [4.69, 9.17) is 9.84 Å². The summed E-state index contributed by atoms with van der Waals surface area (Å²) in [6.45, 7) is 5.58. The maximum absolute atomic E-state index is 11.4. The molecule has 1 N–H and O–H groups in total. The molecular weight excluding hydrogens is 271 g/mol. The Morgan fingerprint density at radius 2 is 1.88 bits per heavy atom. The third-order valence-corrected chi connectivity index (χ3v) is 3.68. The van der Waals surface area contributed by atoms with Crippen molar-refractivity contribution in [3.8, 4) is 5.75 Å². The molecule has 0 amide bonds. The van der Waals surface area contributed by atoms with Gasteiger partial charge in [0.15, 0.2) is 0 Å². The first-order chi connectivity index (χ1) is 7.37. The summed E-state index contributed by atoms with van der Waals surface area (Å²) in [4.78, 5) is 11.4. The Hall–Kier alpha value is -0.991. The summed E-state index contributed by atoms with van der Waals surface area (Å²) in [7, 11) is 0. The van der Waals surface area contributed by atoms with Crippen molar-refractivity contribution in [3.05, 3.63) is 24.3 Å². The molecule has 3 nitrogen and oxygen atoms in total. The molecule has 0 atom stereocenters. The van der Waals surface area contributed by atoms with Crippen LogP contribution in [0.5, 0.6) is 5.75 Å². The van der Waals surface area contributed by atoms with Crippen LogP contribution in [0, 0.1) is 0 Å². The van der Waals surface area contributed by atoms with Gasteiger partial charge >= 0.3 is 102 Å². The number of carbonyl (C=O) groups excluding carboxylic acids is 1. The number of phenols is 1. The molecule has 0 fully saturated rings. The second kappa shape index (κ2) is 5.37. The molecule has 88 valence electrons. The van der Waals surface area contributed by atoms with E-state index >= 15 is 0 Å². The molecule has 1 aromatic carbocycles. The normalized spacial score (nSPS) is 11.2. The molecule has 0 aliphatic heterocycles. The molecular formula is C12H16O3Se. The minimum absolute atomic E-state index is 0.0655. The fourth-order valence-corrected chi connectivity index (χ4v) is 2.47. The van der Waals surface area contributed by atoms with Crippen LogP contribution in [0.1, 0.15) is 20.8 Å². The van der Waals surface area contributed by atoms with Gasteiger partial charge in [-0.05, 0) is 0 Å². The van der Waals surface area contributed by atoms with Gasteiger partial charge in [0.2, 0.25) is 0 Å². The molecule has 1 rings (SSSR count). The molecule has 1 aromatic rings. The van der Waals surface area contributed by atoms with Gasteiger partial charge in [0, 0.05) is 0 Å². The predicted octanol–water partition coefficient (Wildman–Crippen LogP) is 1.48. The van der Waals surface area contributed by atoms with Crippen LogP contribution in [-0.4, -0.2) is 31.6 Å². The molecule has 0 aliphatic carbocycles. The first-order valence-electron chi connectivity index (χ1n) is 5.00. The molecule has 0 unspecified atom stereocenters. The van der Waals surface area contributed by atoms with Gasteiger partial charge in [0.05, 0.1) is 0 Å². The standard InChI is InChI=1S/C12H16O3Se/c1-12(2,3)15-11(14)8-16-10-6-4-9(13)5-7-10/h4-7,13H,8H2,1-3H3. The van der Waals surface area contributed by atoms with Gasteiger partial charge in [-0.1, -0.05) is 0 Å². The van der Waals surface area contributed by atoms with E-state index in [0.717, 1.165) is 4.46 Å². The summed E-state index contributed by atoms with van der Waals surface area (Å²) in [5.41, 5.74) is -0.415. The van der Waals surface area contributed by atoms with E-state index in [0.29, 0.717) is 5.32 Å². The van der Waals surface area contributed by atoms with Gasteiger partial charge in [-0.3, -0.25) is 0 Å². The van der Waals surface area contributed by atoms with Crippen LogP contribution in [0.25, 0.3) is 0 Å². The van der Waals surface area contributed by atoms with E-state index in [2.05, 4.69) is 0 Å². The summed E-state index contributed by atoms with van der Waals surface area (Å²) < 4.78 is 6.29. The van der Waals surface area contributed by atoms with E-state index in [1.165, 1.54) is 0 Å². The fraction of sp³-hybridized carbons (Fsp3) is 0.417. The minimum atomic E-state index is -0.415. The SMILES string of the molecule is CC(C)(C)OC(=O)C[Se]c1ccc(O)cc1. The van der Waals surface area contributed by atoms with Crippen LogP contribution in [0.4, 0.5) is 0 Å². The number of esters is 1. The van der Waals surface area contributed by atoms with E-state index in [1.54, 1.807) is 12.1 Å². The second-order valence-electron chi connectivity index (χ2n) is 4.37. The van der Waals surface area contributed by atoms with Crippen molar-refractivity contribution in [2.45, 2.75) is 31.7 Å². The van der Waals surface area contributed by atoms with Crippen molar-refractivity contribution < 1.29 is 14.6 Å². The third-order valence-electron chi connectivity index (χ3n) is 1.61. The number of phenolic OH excluding ortho intramolecular Hbond substituents is 1.